The van der Waals surface area contributed by atoms with Crippen molar-refractivity contribution in [2.45, 2.75) is 44.9 Å². The average Bonchev–Trinajstić information content (AvgIpc) is 2.75. The van der Waals surface area contributed by atoms with E-state index in [1.807, 2.05) is 45.0 Å². The maximum atomic E-state index is 13.2. The molecule has 1 fully saturated rings. The Morgan fingerprint density at radius 1 is 1.20 bits per heavy atom. The highest BCUT2D eigenvalue weighted by Crippen LogP contribution is 2.28. The Kier molecular flexibility index (Phi) is 7.15. The molecule has 0 aromatic heterocycles. The van der Waals surface area contributed by atoms with Crippen LogP contribution in [0.25, 0.3) is 0 Å². The molecule has 3 rings (SSSR count). The summed E-state index contributed by atoms with van der Waals surface area (Å²) in [6, 6.07) is 12.6. The molecule has 1 atom stereocenters. The predicted molar refractivity (Wildman–Crippen MR) is 118 cm³/mol. The Morgan fingerprint density at radius 3 is 2.67 bits per heavy atom. The summed E-state index contributed by atoms with van der Waals surface area (Å²) in [5.41, 5.74) is 2.64. The van der Waals surface area contributed by atoms with Gasteiger partial charge in [0.1, 0.15) is 5.75 Å². The Hall–Kier alpha value is -2.38. The third kappa shape index (κ3) is 4.84. The van der Waals surface area contributed by atoms with Gasteiger partial charge < -0.3 is 10.1 Å². The molecule has 1 heterocycles. The number of nitrogens with zero attached hydrogens (tertiary/aromatic N) is 1. The summed E-state index contributed by atoms with van der Waals surface area (Å²) in [7, 11) is -3.67. The molecule has 2 aromatic carbocycles. The van der Waals surface area contributed by atoms with Crippen LogP contribution in [0.5, 0.6) is 5.75 Å². The number of ether oxygens (including phenoxy) is 1. The third-order valence-electron chi connectivity index (χ3n) is 5.50. The lowest BCUT2D eigenvalue weighted by atomic mass is 9.98. The van der Waals surface area contributed by atoms with Crippen molar-refractivity contribution in [3.63, 3.8) is 0 Å². The molecule has 30 heavy (non-hydrogen) atoms. The van der Waals surface area contributed by atoms with Crippen LogP contribution >= 0.6 is 0 Å². The summed E-state index contributed by atoms with van der Waals surface area (Å²) in [6.07, 6.45) is 2.15. The number of carbonyl (C=O) groups is 1. The van der Waals surface area contributed by atoms with Crippen LogP contribution in [0.15, 0.2) is 47.4 Å². The minimum atomic E-state index is -3.67. The summed E-state index contributed by atoms with van der Waals surface area (Å²) in [4.78, 5) is 13.1. The molecular formula is C23H30N2O4S. The van der Waals surface area contributed by atoms with Crippen molar-refractivity contribution in [1.82, 2.24) is 4.31 Å². The largest absolute Gasteiger partial charge is 0.494 e. The summed E-state index contributed by atoms with van der Waals surface area (Å²) in [5.74, 6) is 0.183. The molecule has 1 amide bonds. The van der Waals surface area contributed by atoms with Gasteiger partial charge in [-0.15, -0.1) is 0 Å². The van der Waals surface area contributed by atoms with E-state index in [1.165, 1.54) is 4.31 Å². The first kappa shape index (κ1) is 22.3. The number of piperidine rings is 1. The Balaban J connectivity index is 1.75. The number of nitrogens with one attached hydrogen (secondary N) is 1. The fourth-order valence-corrected chi connectivity index (χ4v) is 5.42. The van der Waals surface area contributed by atoms with Crippen molar-refractivity contribution >= 4 is 21.6 Å². The number of amides is 1. The second-order valence-electron chi connectivity index (χ2n) is 7.56. The van der Waals surface area contributed by atoms with Crippen molar-refractivity contribution in [3.05, 3.63) is 53.6 Å². The second-order valence-corrected chi connectivity index (χ2v) is 9.50. The first-order valence-corrected chi connectivity index (χ1v) is 11.9. The molecule has 7 heteroatoms. The molecule has 0 radical (unpaired) electrons. The van der Waals surface area contributed by atoms with Crippen LogP contribution < -0.4 is 10.1 Å². The lowest BCUT2D eigenvalue weighted by Crippen LogP contribution is -2.43. The number of benzene rings is 2. The predicted octanol–water partition coefficient (Wildman–Crippen LogP) is 4.00. The van der Waals surface area contributed by atoms with E-state index in [-0.39, 0.29) is 23.3 Å². The number of rotatable bonds is 7. The van der Waals surface area contributed by atoms with E-state index in [4.69, 9.17) is 4.74 Å². The van der Waals surface area contributed by atoms with Crippen LogP contribution in [-0.2, 0) is 21.2 Å². The Bertz CT molecular complexity index is 1000. The molecule has 0 unspecified atom stereocenters. The highest BCUT2D eigenvalue weighted by molar-refractivity contribution is 7.89. The second kappa shape index (κ2) is 9.62. The molecule has 0 saturated carbocycles. The van der Waals surface area contributed by atoms with E-state index >= 15 is 0 Å². The van der Waals surface area contributed by atoms with Crippen LogP contribution in [0.3, 0.4) is 0 Å². The van der Waals surface area contributed by atoms with Crippen molar-refractivity contribution in [1.29, 1.82) is 0 Å². The van der Waals surface area contributed by atoms with Gasteiger partial charge in [-0.05, 0) is 68.5 Å². The average molecular weight is 431 g/mol. The fourth-order valence-electron chi connectivity index (χ4n) is 3.81. The molecule has 6 nitrogen and oxygen atoms in total. The number of aryl methyl sites for hydroxylation is 2. The highest BCUT2D eigenvalue weighted by atomic mass is 32.2. The van der Waals surface area contributed by atoms with Crippen LogP contribution in [0, 0.1) is 12.8 Å². The van der Waals surface area contributed by atoms with Gasteiger partial charge in [0.25, 0.3) is 0 Å². The van der Waals surface area contributed by atoms with Gasteiger partial charge in [0.15, 0.2) is 0 Å². The van der Waals surface area contributed by atoms with Crippen LogP contribution in [0.1, 0.15) is 37.8 Å². The molecule has 1 N–H and O–H groups in total. The molecule has 0 spiro atoms. The lowest BCUT2D eigenvalue weighted by Gasteiger charge is -2.31. The summed E-state index contributed by atoms with van der Waals surface area (Å²) < 4.78 is 33.3. The fraction of sp³-hybridized carbons (Fsp3) is 0.435. The first-order valence-electron chi connectivity index (χ1n) is 10.5. The maximum absolute atomic E-state index is 13.2. The van der Waals surface area contributed by atoms with Gasteiger partial charge in [0, 0.05) is 18.8 Å². The van der Waals surface area contributed by atoms with Crippen molar-refractivity contribution < 1.29 is 17.9 Å². The van der Waals surface area contributed by atoms with Crippen LogP contribution in [-0.4, -0.2) is 38.3 Å². The van der Waals surface area contributed by atoms with Gasteiger partial charge in [-0.3, -0.25) is 4.79 Å². The quantitative estimate of drug-likeness (QED) is 0.721. The zero-order chi connectivity index (χ0) is 21.7. The number of sulfonamides is 1. The molecular weight excluding hydrogens is 400 g/mol. The lowest BCUT2D eigenvalue weighted by molar-refractivity contribution is -0.120. The minimum Gasteiger partial charge on any atom is -0.494 e. The number of anilines is 1. The van der Waals surface area contributed by atoms with Crippen molar-refractivity contribution in [2.75, 3.05) is 25.0 Å². The van der Waals surface area contributed by atoms with Gasteiger partial charge in [-0.25, -0.2) is 8.42 Å². The van der Waals surface area contributed by atoms with Crippen LogP contribution in [0.4, 0.5) is 5.69 Å². The topological polar surface area (TPSA) is 75.7 Å². The van der Waals surface area contributed by atoms with E-state index in [9.17, 15) is 13.2 Å². The summed E-state index contributed by atoms with van der Waals surface area (Å²) in [5, 5.41) is 3.00. The van der Waals surface area contributed by atoms with Crippen LogP contribution in [0.2, 0.25) is 0 Å². The number of hydrogen-bond acceptors (Lipinski definition) is 4. The highest BCUT2D eigenvalue weighted by Gasteiger charge is 2.33. The molecule has 0 aliphatic carbocycles. The van der Waals surface area contributed by atoms with E-state index in [0.717, 1.165) is 23.2 Å². The smallest absolute Gasteiger partial charge is 0.243 e. The molecule has 162 valence electrons. The zero-order valence-corrected chi connectivity index (χ0v) is 18.7. The normalized spacial score (nSPS) is 17.5. The van der Waals surface area contributed by atoms with Crippen molar-refractivity contribution in [3.8, 4) is 5.75 Å². The Morgan fingerprint density at radius 2 is 1.97 bits per heavy atom. The van der Waals surface area contributed by atoms with Gasteiger partial charge in [0.2, 0.25) is 15.9 Å². The maximum Gasteiger partial charge on any atom is 0.243 e. The molecule has 0 bridgehead atoms. The summed E-state index contributed by atoms with van der Waals surface area (Å²) >= 11 is 0. The third-order valence-corrected chi connectivity index (χ3v) is 7.36. The van der Waals surface area contributed by atoms with Crippen molar-refractivity contribution in [2.24, 2.45) is 5.92 Å². The number of para-hydroxylation sites is 1. The van der Waals surface area contributed by atoms with E-state index in [2.05, 4.69) is 5.32 Å². The number of hydrogen-bond donors (Lipinski definition) is 1. The molecule has 1 saturated heterocycles. The monoisotopic (exact) mass is 430 g/mol. The van der Waals surface area contributed by atoms with Gasteiger partial charge in [-0.2, -0.15) is 4.31 Å². The van der Waals surface area contributed by atoms with Gasteiger partial charge in [0.05, 0.1) is 17.4 Å². The van der Waals surface area contributed by atoms with Gasteiger partial charge in [-0.1, -0.05) is 25.1 Å². The first-order chi connectivity index (χ1) is 14.4. The molecule has 2 aromatic rings. The van der Waals surface area contributed by atoms with E-state index in [1.54, 1.807) is 18.2 Å². The Labute approximate surface area is 179 Å². The zero-order valence-electron chi connectivity index (χ0n) is 17.8. The van der Waals surface area contributed by atoms with E-state index in [0.29, 0.717) is 31.7 Å². The van der Waals surface area contributed by atoms with E-state index < -0.39 is 10.0 Å². The number of carbonyl (C=O) groups excluding carboxylic acids is 1. The van der Waals surface area contributed by atoms with Gasteiger partial charge >= 0.3 is 0 Å². The molecule has 1 aliphatic rings. The molecule has 1 aliphatic heterocycles. The SMILES string of the molecule is CCOc1ccc(S(=O)(=O)N2CCC[C@H](C(=O)Nc3ccccc3CC)C2)cc1C. The standard InChI is InChI=1S/C23H30N2O4S/c1-4-18-9-6-7-11-21(18)24-23(26)19-10-8-14-25(16-19)30(27,28)20-12-13-22(29-5-2)17(3)15-20/h6-7,9,11-13,15,19H,4-5,8,10,14,16H2,1-3H3,(H,24,26)/t19-/m0/s1. The minimum absolute atomic E-state index is 0.126. The summed E-state index contributed by atoms with van der Waals surface area (Å²) in [6.45, 7) is 6.90.